The van der Waals surface area contributed by atoms with Crippen molar-refractivity contribution < 1.29 is 17.9 Å². The third-order valence-electron chi connectivity index (χ3n) is 3.96. The molecule has 2 aromatic carbocycles. The highest BCUT2D eigenvalue weighted by Gasteiger charge is 2.27. The molecule has 29 heavy (non-hydrogen) atoms. The van der Waals surface area contributed by atoms with Gasteiger partial charge in [-0.05, 0) is 18.2 Å². The average molecular weight is 453 g/mol. The molecule has 0 bridgehead atoms. The number of hydrogen-bond acceptors (Lipinski definition) is 7. The van der Waals surface area contributed by atoms with Crippen molar-refractivity contribution in [2.45, 2.75) is 10.9 Å². The van der Waals surface area contributed by atoms with Gasteiger partial charge in [-0.2, -0.15) is 4.31 Å². The van der Waals surface area contributed by atoms with Crippen LogP contribution in [-0.2, 0) is 16.6 Å². The number of aromatic nitrogens is 2. The molecule has 0 aliphatic heterocycles. The number of hydrogen-bond donors (Lipinski definition) is 1. The largest absolute Gasteiger partial charge is 0.496 e. The molecule has 1 heterocycles. The van der Waals surface area contributed by atoms with Crippen LogP contribution in [0.1, 0.15) is 15.9 Å². The minimum atomic E-state index is -3.90. The van der Waals surface area contributed by atoms with Gasteiger partial charge in [-0.25, -0.2) is 8.42 Å². The minimum Gasteiger partial charge on any atom is -0.496 e. The van der Waals surface area contributed by atoms with E-state index in [2.05, 4.69) is 15.5 Å². The SMILES string of the molecule is COc1ccccc1CN(C)S(=O)(=O)c1nnc(NC(=O)c2ccccc2Cl)s1. The Hall–Kier alpha value is -2.53. The summed E-state index contributed by atoms with van der Waals surface area (Å²) in [5, 5.41) is 10.3. The van der Waals surface area contributed by atoms with Crippen molar-refractivity contribution in [3.8, 4) is 5.75 Å². The first-order chi connectivity index (χ1) is 13.8. The van der Waals surface area contributed by atoms with Gasteiger partial charge in [-0.15, -0.1) is 10.2 Å². The number of halogens is 1. The van der Waals surface area contributed by atoms with Crippen LogP contribution in [-0.4, -0.2) is 43.0 Å². The molecule has 8 nitrogen and oxygen atoms in total. The van der Waals surface area contributed by atoms with Crippen LogP contribution in [0.3, 0.4) is 0 Å². The van der Waals surface area contributed by atoms with Crippen LogP contribution in [0, 0.1) is 0 Å². The van der Waals surface area contributed by atoms with E-state index >= 15 is 0 Å². The highest BCUT2D eigenvalue weighted by molar-refractivity contribution is 7.91. The van der Waals surface area contributed by atoms with Crippen molar-refractivity contribution >= 4 is 44.0 Å². The lowest BCUT2D eigenvalue weighted by Crippen LogP contribution is -2.26. The highest BCUT2D eigenvalue weighted by atomic mass is 35.5. The molecule has 0 saturated heterocycles. The Morgan fingerprint density at radius 1 is 1.17 bits per heavy atom. The third kappa shape index (κ3) is 4.73. The number of carbonyl (C=O) groups excluding carboxylic acids is 1. The Morgan fingerprint density at radius 2 is 1.86 bits per heavy atom. The number of ether oxygens (including phenoxy) is 1. The van der Waals surface area contributed by atoms with E-state index in [1.54, 1.807) is 48.5 Å². The molecule has 0 aliphatic carbocycles. The van der Waals surface area contributed by atoms with E-state index in [-0.39, 0.29) is 26.6 Å². The molecule has 3 rings (SSSR count). The van der Waals surface area contributed by atoms with E-state index < -0.39 is 15.9 Å². The number of carbonyl (C=O) groups is 1. The normalized spacial score (nSPS) is 11.4. The van der Waals surface area contributed by atoms with Gasteiger partial charge >= 0.3 is 0 Å². The summed E-state index contributed by atoms with van der Waals surface area (Å²) in [4.78, 5) is 12.3. The second-order valence-electron chi connectivity index (χ2n) is 5.88. The maximum absolute atomic E-state index is 12.8. The van der Waals surface area contributed by atoms with E-state index in [4.69, 9.17) is 16.3 Å². The van der Waals surface area contributed by atoms with Gasteiger partial charge < -0.3 is 4.74 Å². The summed E-state index contributed by atoms with van der Waals surface area (Å²) in [6.45, 7) is 0.0905. The summed E-state index contributed by atoms with van der Waals surface area (Å²) in [5.74, 6) is 0.0811. The Kier molecular flexibility index (Phi) is 6.48. The van der Waals surface area contributed by atoms with E-state index in [1.807, 2.05) is 0 Å². The Morgan fingerprint density at radius 3 is 2.59 bits per heavy atom. The molecule has 0 unspecified atom stereocenters. The van der Waals surface area contributed by atoms with Crippen molar-refractivity contribution in [2.24, 2.45) is 0 Å². The molecule has 1 N–H and O–H groups in total. The Balaban J connectivity index is 1.76. The molecule has 1 aromatic heterocycles. The van der Waals surface area contributed by atoms with Crippen LogP contribution in [0.15, 0.2) is 52.9 Å². The maximum Gasteiger partial charge on any atom is 0.272 e. The van der Waals surface area contributed by atoms with Gasteiger partial charge in [0.15, 0.2) is 0 Å². The van der Waals surface area contributed by atoms with Gasteiger partial charge in [0, 0.05) is 19.2 Å². The van der Waals surface area contributed by atoms with E-state index in [0.29, 0.717) is 11.3 Å². The number of nitrogens with zero attached hydrogens (tertiary/aromatic N) is 3. The summed E-state index contributed by atoms with van der Waals surface area (Å²) >= 11 is 6.76. The smallest absolute Gasteiger partial charge is 0.272 e. The lowest BCUT2D eigenvalue weighted by molar-refractivity contribution is 0.102. The number of anilines is 1. The highest BCUT2D eigenvalue weighted by Crippen LogP contribution is 2.26. The Bertz CT molecular complexity index is 1130. The van der Waals surface area contributed by atoms with Crippen LogP contribution >= 0.6 is 22.9 Å². The van der Waals surface area contributed by atoms with Crippen LogP contribution < -0.4 is 10.1 Å². The lowest BCUT2D eigenvalue weighted by atomic mass is 10.2. The summed E-state index contributed by atoms with van der Waals surface area (Å²) in [6, 6.07) is 13.6. The summed E-state index contributed by atoms with van der Waals surface area (Å²) < 4.78 is 31.8. The fourth-order valence-electron chi connectivity index (χ4n) is 2.47. The molecule has 1 amide bonds. The first-order valence-corrected chi connectivity index (χ1v) is 10.9. The van der Waals surface area contributed by atoms with Gasteiger partial charge in [0.25, 0.3) is 15.9 Å². The van der Waals surface area contributed by atoms with Crippen molar-refractivity contribution in [3.63, 3.8) is 0 Å². The standard InChI is InChI=1S/C18H17ClN4O4S2/c1-23(11-12-7-3-6-10-15(12)27-2)29(25,26)18-22-21-17(28-18)20-16(24)13-8-4-5-9-14(13)19/h3-10H,11H2,1-2H3,(H,20,21,24). The van der Waals surface area contributed by atoms with E-state index in [1.165, 1.54) is 14.2 Å². The molecule has 3 aromatic rings. The zero-order valence-electron chi connectivity index (χ0n) is 15.5. The van der Waals surface area contributed by atoms with E-state index in [9.17, 15) is 13.2 Å². The molecule has 11 heteroatoms. The fourth-order valence-corrected chi connectivity index (χ4v) is 4.92. The predicted molar refractivity (Wildman–Crippen MR) is 111 cm³/mol. The topological polar surface area (TPSA) is 101 Å². The lowest BCUT2D eigenvalue weighted by Gasteiger charge is -2.16. The molecule has 0 fully saturated rings. The van der Waals surface area contributed by atoms with Crippen molar-refractivity contribution in [1.29, 1.82) is 0 Å². The number of rotatable bonds is 7. The van der Waals surface area contributed by atoms with E-state index in [0.717, 1.165) is 15.6 Å². The molecule has 0 atom stereocenters. The van der Waals surface area contributed by atoms with Crippen LogP contribution in [0.5, 0.6) is 5.75 Å². The van der Waals surface area contributed by atoms with Crippen LogP contribution in [0.25, 0.3) is 0 Å². The van der Waals surface area contributed by atoms with Gasteiger partial charge in [0.2, 0.25) is 9.47 Å². The average Bonchev–Trinajstić information content (AvgIpc) is 3.18. The van der Waals surface area contributed by atoms with Gasteiger partial charge in [-0.1, -0.05) is 53.3 Å². The number of benzene rings is 2. The minimum absolute atomic E-state index is 0.0548. The molecule has 0 spiro atoms. The van der Waals surface area contributed by atoms with Crippen molar-refractivity contribution in [3.05, 3.63) is 64.7 Å². The van der Waals surface area contributed by atoms with Gasteiger partial charge in [-0.3, -0.25) is 10.1 Å². The summed E-state index contributed by atoms with van der Waals surface area (Å²) in [7, 11) is -0.949. The second-order valence-corrected chi connectivity index (χ2v) is 9.48. The molecule has 0 saturated carbocycles. The van der Waals surface area contributed by atoms with Gasteiger partial charge in [0.05, 0.1) is 17.7 Å². The number of methoxy groups -OCH3 is 1. The van der Waals surface area contributed by atoms with Gasteiger partial charge in [0.1, 0.15) is 5.75 Å². The first kappa shape index (κ1) is 21.2. The fraction of sp³-hybridized carbons (Fsp3) is 0.167. The number of amides is 1. The molecule has 0 aliphatic rings. The zero-order chi connectivity index (χ0) is 21.0. The maximum atomic E-state index is 12.8. The Labute approximate surface area is 177 Å². The molecular weight excluding hydrogens is 436 g/mol. The zero-order valence-corrected chi connectivity index (χ0v) is 17.9. The number of nitrogens with one attached hydrogen (secondary N) is 1. The van der Waals surface area contributed by atoms with Crippen LogP contribution in [0.2, 0.25) is 5.02 Å². The van der Waals surface area contributed by atoms with Crippen molar-refractivity contribution in [2.75, 3.05) is 19.5 Å². The van der Waals surface area contributed by atoms with Crippen LogP contribution in [0.4, 0.5) is 5.13 Å². The predicted octanol–water partition coefficient (Wildman–Crippen LogP) is 3.27. The monoisotopic (exact) mass is 452 g/mol. The number of para-hydroxylation sites is 1. The third-order valence-corrected chi connectivity index (χ3v) is 7.28. The molecule has 152 valence electrons. The summed E-state index contributed by atoms with van der Waals surface area (Å²) in [6.07, 6.45) is 0. The van der Waals surface area contributed by atoms with Crippen molar-refractivity contribution in [1.82, 2.24) is 14.5 Å². The quantitative estimate of drug-likeness (QED) is 0.552. The first-order valence-electron chi connectivity index (χ1n) is 8.30. The number of sulfonamides is 1. The molecular formula is C18H17ClN4O4S2. The summed E-state index contributed by atoms with van der Waals surface area (Å²) in [5.41, 5.74) is 0.958. The second kappa shape index (κ2) is 8.87. The molecule has 0 radical (unpaired) electrons.